The van der Waals surface area contributed by atoms with Crippen molar-refractivity contribution >= 4 is 16.0 Å². The Morgan fingerprint density at radius 1 is 1.61 bits per heavy atom. The summed E-state index contributed by atoms with van der Waals surface area (Å²) in [7, 11) is -3.89. The lowest BCUT2D eigenvalue weighted by molar-refractivity contribution is 0.0692. The molecule has 2 heterocycles. The summed E-state index contributed by atoms with van der Waals surface area (Å²) in [6.45, 7) is 0.378. The molecule has 1 aliphatic heterocycles. The Labute approximate surface area is 103 Å². The van der Waals surface area contributed by atoms with Gasteiger partial charge in [0, 0.05) is 19.7 Å². The number of sulfonamides is 1. The van der Waals surface area contributed by atoms with E-state index in [0.29, 0.717) is 6.42 Å². The van der Waals surface area contributed by atoms with Crippen LogP contribution in [0.3, 0.4) is 0 Å². The largest absolute Gasteiger partial charge is 0.478 e. The molecule has 0 aromatic carbocycles. The predicted molar refractivity (Wildman–Crippen MR) is 59.5 cm³/mol. The summed E-state index contributed by atoms with van der Waals surface area (Å²) >= 11 is 0. The molecule has 1 unspecified atom stereocenters. The molecule has 0 bridgehead atoms. The monoisotopic (exact) mass is 275 g/mol. The molecular weight excluding hydrogens is 262 g/mol. The maximum atomic E-state index is 12.2. The zero-order valence-electron chi connectivity index (χ0n) is 9.40. The first-order chi connectivity index (χ1) is 8.46. The number of rotatable bonds is 4. The van der Waals surface area contributed by atoms with Gasteiger partial charge < -0.3 is 10.2 Å². The number of carboxylic acid groups (broad SMARTS) is 1. The number of aromatic nitrogens is 2. The standard InChI is InChI=1S/C9H13N3O5S/c13-5-6-1-2-12(4-6)18(16,17)8-7(9(14)15)3-10-11-8/h3,6,13H,1-2,4-5H2,(H,10,11)(H,14,15). The van der Waals surface area contributed by atoms with Gasteiger partial charge in [0.1, 0.15) is 5.56 Å². The van der Waals surface area contributed by atoms with Gasteiger partial charge in [-0.15, -0.1) is 0 Å². The third-order valence-electron chi connectivity index (χ3n) is 2.94. The zero-order chi connectivity index (χ0) is 13.3. The normalized spacial score (nSPS) is 21.3. The Morgan fingerprint density at radius 2 is 2.33 bits per heavy atom. The summed E-state index contributed by atoms with van der Waals surface area (Å²) in [4.78, 5) is 10.9. The molecule has 1 aromatic rings. The molecule has 0 spiro atoms. The highest BCUT2D eigenvalue weighted by Crippen LogP contribution is 2.24. The number of nitrogens with one attached hydrogen (secondary N) is 1. The van der Waals surface area contributed by atoms with Crippen LogP contribution in [-0.2, 0) is 10.0 Å². The second-order valence-corrected chi connectivity index (χ2v) is 5.99. The first-order valence-electron chi connectivity index (χ1n) is 5.34. The minimum Gasteiger partial charge on any atom is -0.478 e. The van der Waals surface area contributed by atoms with E-state index in [-0.39, 0.29) is 31.2 Å². The fourth-order valence-corrected chi connectivity index (χ4v) is 3.51. The Morgan fingerprint density at radius 3 is 2.89 bits per heavy atom. The predicted octanol–water partition coefficient (Wildman–Crippen LogP) is -0.889. The number of aliphatic hydroxyl groups excluding tert-OH is 1. The number of aliphatic hydroxyl groups is 1. The Kier molecular flexibility index (Phi) is 3.37. The molecule has 8 nitrogen and oxygen atoms in total. The summed E-state index contributed by atoms with van der Waals surface area (Å²) in [5.41, 5.74) is -0.373. The van der Waals surface area contributed by atoms with E-state index < -0.39 is 21.0 Å². The number of carboxylic acids is 1. The van der Waals surface area contributed by atoms with Gasteiger partial charge in [0.25, 0.3) is 10.0 Å². The van der Waals surface area contributed by atoms with E-state index in [1.165, 1.54) is 0 Å². The molecule has 3 N–H and O–H groups in total. The van der Waals surface area contributed by atoms with E-state index in [2.05, 4.69) is 10.2 Å². The van der Waals surface area contributed by atoms with E-state index in [4.69, 9.17) is 10.2 Å². The zero-order valence-corrected chi connectivity index (χ0v) is 10.2. The lowest BCUT2D eigenvalue weighted by Crippen LogP contribution is -2.30. The molecule has 0 radical (unpaired) electrons. The molecule has 1 atom stereocenters. The van der Waals surface area contributed by atoms with Gasteiger partial charge in [0.2, 0.25) is 0 Å². The maximum absolute atomic E-state index is 12.2. The van der Waals surface area contributed by atoms with E-state index in [1.54, 1.807) is 0 Å². The van der Waals surface area contributed by atoms with Gasteiger partial charge in [-0.05, 0) is 12.3 Å². The molecule has 0 saturated carbocycles. The molecule has 0 aliphatic carbocycles. The van der Waals surface area contributed by atoms with Crippen molar-refractivity contribution in [3.05, 3.63) is 11.8 Å². The summed E-state index contributed by atoms with van der Waals surface area (Å²) < 4.78 is 25.5. The maximum Gasteiger partial charge on any atom is 0.340 e. The Hall–Kier alpha value is -1.45. The van der Waals surface area contributed by atoms with Gasteiger partial charge in [-0.2, -0.15) is 9.40 Å². The van der Waals surface area contributed by atoms with E-state index in [0.717, 1.165) is 10.5 Å². The molecule has 100 valence electrons. The van der Waals surface area contributed by atoms with E-state index in [9.17, 15) is 13.2 Å². The van der Waals surface area contributed by atoms with Crippen molar-refractivity contribution in [2.75, 3.05) is 19.7 Å². The second-order valence-electron chi connectivity index (χ2n) is 4.12. The molecule has 1 aliphatic rings. The molecule has 0 amide bonds. The van der Waals surface area contributed by atoms with Crippen LogP contribution in [0.5, 0.6) is 0 Å². The van der Waals surface area contributed by atoms with E-state index >= 15 is 0 Å². The van der Waals surface area contributed by atoms with Crippen molar-refractivity contribution in [3.8, 4) is 0 Å². The van der Waals surface area contributed by atoms with Crippen LogP contribution < -0.4 is 0 Å². The van der Waals surface area contributed by atoms with Crippen LogP contribution in [-0.4, -0.2) is 58.8 Å². The highest BCUT2D eigenvalue weighted by Gasteiger charge is 2.35. The SMILES string of the molecule is O=C(O)c1cn[nH]c1S(=O)(=O)N1CCC(CO)C1. The molecule has 9 heteroatoms. The number of hydrogen-bond donors (Lipinski definition) is 3. The molecule has 1 fully saturated rings. The van der Waals surface area contributed by atoms with Crippen LogP contribution in [0.15, 0.2) is 11.2 Å². The van der Waals surface area contributed by atoms with Gasteiger partial charge in [-0.1, -0.05) is 0 Å². The summed E-state index contributed by atoms with van der Waals surface area (Å²) in [5.74, 6) is -1.45. The van der Waals surface area contributed by atoms with Gasteiger partial charge in [0.05, 0.1) is 6.20 Å². The minimum atomic E-state index is -3.89. The number of H-pyrrole nitrogens is 1. The van der Waals surface area contributed by atoms with Crippen molar-refractivity contribution < 1.29 is 23.4 Å². The van der Waals surface area contributed by atoms with Crippen molar-refractivity contribution in [3.63, 3.8) is 0 Å². The van der Waals surface area contributed by atoms with Crippen LogP contribution in [0.1, 0.15) is 16.8 Å². The van der Waals surface area contributed by atoms with E-state index in [1.807, 2.05) is 0 Å². The third kappa shape index (κ3) is 2.11. The van der Waals surface area contributed by atoms with Crippen LogP contribution in [0.2, 0.25) is 0 Å². The molecule has 1 aromatic heterocycles. The van der Waals surface area contributed by atoms with Crippen molar-refractivity contribution in [1.82, 2.24) is 14.5 Å². The average Bonchev–Trinajstić information content (AvgIpc) is 2.98. The number of aromatic amines is 1. The summed E-state index contributed by atoms with van der Waals surface area (Å²) in [6, 6.07) is 0. The number of carbonyl (C=O) groups is 1. The van der Waals surface area contributed by atoms with Crippen LogP contribution in [0.4, 0.5) is 0 Å². The number of aromatic carboxylic acids is 1. The fourth-order valence-electron chi connectivity index (χ4n) is 1.92. The van der Waals surface area contributed by atoms with Crippen LogP contribution in [0, 0.1) is 5.92 Å². The first-order valence-corrected chi connectivity index (χ1v) is 6.78. The third-order valence-corrected chi connectivity index (χ3v) is 4.78. The quantitative estimate of drug-likeness (QED) is 0.655. The van der Waals surface area contributed by atoms with Gasteiger partial charge in [-0.25, -0.2) is 13.2 Å². The second kappa shape index (κ2) is 4.67. The highest BCUT2D eigenvalue weighted by molar-refractivity contribution is 7.89. The van der Waals surface area contributed by atoms with Crippen molar-refractivity contribution in [1.29, 1.82) is 0 Å². The average molecular weight is 275 g/mol. The van der Waals surface area contributed by atoms with Gasteiger partial charge in [-0.3, -0.25) is 5.10 Å². The van der Waals surface area contributed by atoms with Gasteiger partial charge >= 0.3 is 5.97 Å². The molecular formula is C9H13N3O5S. The Bertz CT molecular complexity index is 552. The number of hydrogen-bond acceptors (Lipinski definition) is 5. The first kappa shape index (κ1) is 13.0. The highest BCUT2D eigenvalue weighted by atomic mass is 32.2. The minimum absolute atomic E-state index is 0.0826. The Balaban J connectivity index is 2.32. The van der Waals surface area contributed by atoms with Crippen LogP contribution in [0.25, 0.3) is 0 Å². The topological polar surface area (TPSA) is 124 Å². The summed E-state index contributed by atoms with van der Waals surface area (Å²) in [5, 5.41) is 23.1. The number of nitrogens with zero attached hydrogens (tertiary/aromatic N) is 2. The summed E-state index contributed by atoms with van der Waals surface area (Å²) in [6.07, 6.45) is 1.53. The molecule has 1 saturated heterocycles. The fraction of sp³-hybridized carbons (Fsp3) is 0.556. The van der Waals surface area contributed by atoms with Crippen molar-refractivity contribution in [2.24, 2.45) is 5.92 Å². The van der Waals surface area contributed by atoms with Crippen molar-refractivity contribution in [2.45, 2.75) is 11.4 Å². The molecule has 18 heavy (non-hydrogen) atoms. The molecule has 2 rings (SSSR count). The lowest BCUT2D eigenvalue weighted by atomic mass is 10.1. The lowest BCUT2D eigenvalue weighted by Gasteiger charge is -2.15. The van der Waals surface area contributed by atoms with Crippen LogP contribution >= 0.6 is 0 Å². The smallest absolute Gasteiger partial charge is 0.340 e. The van der Waals surface area contributed by atoms with Gasteiger partial charge in [0.15, 0.2) is 5.03 Å².